The van der Waals surface area contributed by atoms with Crippen molar-refractivity contribution in [3.05, 3.63) is 20.8 Å². The molecule has 0 saturated heterocycles. The number of anilines is 1. The van der Waals surface area contributed by atoms with E-state index >= 15 is 0 Å². The first-order valence-corrected chi connectivity index (χ1v) is 5.40. The maximum Gasteiger partial charge on any atom is 0.353 e. The predicted molar refractivity (Wildman–Crippen MR) is 63.9 cm³/mol. The normalized spacial score (nSPS) is 10.3. The SMILES string of the molecule is COc1c(Br)cnc(NC(C)C)c1[N+](=O)[O-]. The first kappa shape index (κ1) is 12.7. The third kappa shape index (κ3) is 2.60. The van der Waals surface area contributed by atoms with E-state index in [0.717, 1.165) is 0 Å². The summed E-state index contributed by atoms with van der Waals surface area (Å²) in [5, 5.41) is 13.9. The van der Waals surface area contributed by atoms with E-state index < -0.39 is 4.92 Å². The molecule has 6 nitrogen and oxygen atoms in total. The van der Waals surface area contributed by atoms with Gasteiger partial charge < -0.3 is 10.1 Å². The van der Waals surface area contributed by atoms with Gasteiger partial charge in [0.05, 0.1) is 16.5 Å². The lowest BCUT2D eigenvalue weighted by Gasteiger charge is -2.11. The summed E-state index contributed by atoms with van der Waals surface area (Å²) < 4.78 is 5.45. The van der Waals surface area contributed by atoms with Gasteiger partial charge >= 0.3 is 5.69 Å². The van der Waals surface area contributed by atoms with Crippen molar-refractivity contribution < 1.29 is 9.66 Å². The van der Waals surface area contributed by atoms with E-state index in [0.29, 0.717) is 4.47 Å². The number of pyridine rings is 1. The third-order valence-corrected chi connectivity index (χ3v) is 2.34. The molecule has 0 atom stereocenters. The molecule has 1 rings (SSSR count). The molecule has 16 heavy (non-hydrogen) atoms. The Morgan fingerprint density at radius 2 is 2.25 bits per heavy atom. The lowest BCUT2D eigenvalue weighted by molar-refractivity contribution is -0.385. The van der Waals surface area contributed by atoms with Gasteiger partial charge in [-0.1, -0.05) is 0 Å². The highest BCUT2D eigenvalue weighted by atomic mass is 79.9. The molecule has 0 saturated carbocycles. The van der Waals surface area contributed by atoms with Crippen LogP contribution in [0.3, 0.4) is 0 Å². The Labute approximate surface area is 101 Å². The van der Waals surface area contributed by atoms with Gasteiger partial charge in [0.25, 0.3) is 0 Å². The molecule has 0 amide bonds. The summed E-state index contributed by atoms with van der Waals surface area (Å²) in [5.74, 6) is 0.378. The minimum atomic E-state index is -0.513. The van der Waals surface area contributed by atoms with E-state index in [1.807, 2.05) is 13.8 Å². The largest absolute Gasteiger partial charge is 0.489 e. The van der Waals surface area contributed by atoms with E-state index in [-0.39, 0.29) is 23.3 Å². The average Bonchev–Trinajstić information content (AvgIpc) is 2.18. The van der Waals surface area contributed by atoms with E-state index in [4.69, 9.17) is 4.74 Å². The Bertz CT molecular complexity index is 409. The van der Waals surface area contributed by atoms with Gasteiger partial charge in [-0.15, -0.1) is 0 Å². The minimum absolute atomic E-state index is 0.0529. The van der Waals surface area contributed by atoms with Gasteiger partial charge in [0.2, 0.25) is 11.6 Å². The predicted octanol–water partition coefficient (Wildman–Crippen LogP) is 2.58. The average molecular weight is 290 g/mol. The van der Waals surface area contributed by atoms with Gasteiger partial charge in [-0.2, -0.15) is 0 Å². The molecule has 0 fully saturated rings. The van der Waals surface area contributed by atoms with Crippen LogP contribution in [0.15, 0.2) is 10.7 Å². The molecule has 1 heterocycles. The highest BCUT2D eigenvalue weighted by Crippen LogP contribution is 2.38. The van der Waals surface area contributed by atoms with Crippen molar-refractivity contribution in [2.75, 3.05) is 12.4 Å². The van der Waals surface area contributed by atoms with Crippen LogP contribution in [0.4, 0.5) is 11.5 Å². The lowest BCUT2D eigenvalue weighted by atomic mass is 10.3. The summed E-state index contributed by atoms with van der Waals surface area (Å²) in [6, 6.07) is 0.0529. The number of ether oxygens (including phenoxy) is 1. The molecule has 0 unspecified atom stereocenters. The summed E-state index contributed by atoms with van der Waals surface area (Å²) in [4.78, 5) is 14.4. The molecule has 1 N–H and O–H groups in total. The molecule has 88 valence electrons. The van der Waals surface area contributed by atoms with Crippen LogP contribution < -0.4 is 10.1 Å². The summed E-state index contributed by atoms with van der Waals surface area (Å²) in [7, 11) is 1.38. The van der Waals surface area contributed by atoms with E-state index in [1.165, 1.54) is 13.3 Å². The Hall–Kier alpha value is -1.37. The third-order valence-electron chi connectivity index (χ3n) is 1.78. The van der Waals surface area contributed by atoms with Crippen molar-refractivity contribution in [3.63, 3.8) is 0 Å². The second-order valence-corrected chi connectivity index (χ2v) is 4.25. The molecule has 0 aliphatic carbocycles. The van der Waals surface area contributed by atoms with Gasteiger partial charge in [-0.25, -0.2) is 4.98 Å². The first-order chi connectivity index (χ1) is 7.47. The van der Waals surface area contributed by atoms with Gasteiger partial charge in [0, 0.05) is 12.2 Å². The number of halogens is 1. The number of aromatic nitrogens is 1. The standard InChI is InChI=1S/C9H12BrN3O3/c1-5(2)12-9-7(13(14)15)8(16-3)6(10)4-11-9/h4-5H,1-3H3,(H,11,12). The number of hydrogen-bond donors (Lipinski definition) is 1. The quantitative estimate of drug-likeness (QED) is 0.681. The molecule has 7 heteroatoms. The molecule has 0 aliphatic rings. The number of rotatable bonds is 4. The van der Waals surface area contributed by atoms with Crippen LogP contribution in [0.5, 0.6) is 5.75 Å². The number of hydrogen-bond acceptors (Lipinski definition) is 5. The topological polar surface area (TPSA) is 77.3 Å². The van der Waals surface area contributed by atoms with Crippen molar-refractivity contribution in [3.8, 4) is 5.75 Å². The van der Waals surface area contributed by atoms with Gasteiger partial charge in [0.15, 0.2) is 0 Å². The fourth-order valence-electron chi connectivity index (χ4n) is 1.20. The number of nitrogens with one attached hydrogen (secondary N) is 1. The summed E-state index contributed by atoms with van der Waals surface area (Å²) >= 11 is 3.16. The second-order valence-electron chi connectivity index (χ2n) is 3.39. The minimum Gasteiger partial charge on any atom is -0.489 e. The maximum atomic E-state index is 11.0. The van der Waals surface area contributed by atoms with Crippen LogP contribution >= 0.6 is 15.9 Å². The zero-order chi connectivity index (χ0) is 12.3. The Kier molecular flexibility index (Phi) is 4.05. The fraction of sp³-hybridized carbons (Fsp3) is 0.444. The monoisotopic (exact) mass is 289 g/mol. The van der Waals surface area contributed by atoms with Crippen molar-refractivity contribution in [1.82, 2.24) is 4.98 Å². The summed E-state index contributed by atoms with van der Waals surface area (Å²) in [6.07, 6.45) is 1.47. The Morgan fingerprint density at radius 3 is 2.69 bits per heavy atom. The summed E-state index contributed by atoms with van der Waals surface area (Å²) in [5.41, 5.74) is -0.162. The zero-order valence-corrected chi connectivity index (χ0v) is 10.7. The molecule has 0 spiro atoms. The van der Waals surface area contributed by atoms with Gasteiger partial charge in [0.1, 0.15) is 0 Å². The number of nitro groups is 1. The lowest BCUT2D eigenvalue weighted by Crippen LogP contribution is -2.13. The molecular weight excluding hydrogens is 278 g/mol. The highest BCUT2D eigenvalue weighted by molar-refractivity contribution is 9.10. The smallest absolute Gasteiger partial charge is 0.353 e. The van der Waals surface area contributed by atoms with Gasteiger partial charge in [-0.3, -0.25) is 10.1 Å². The molecule has 0 bridgehead atoms. The first-order valence-electron chi connectivity index (χ1n) is 4.60. The van der Waals surface area contributed by atoms with Crippen LogP contribution in [-0.4, -0.2) is 23.1 Å². The molecule has 0 aliphatic heterocycles. The van der Waals surface area contributed by atoms with Crippen LogP contribution in [0.1, 0.15) is 13.8 Å². The fourth-order valence-corrected chi connectivity index (χ4v) is 1.66. The summed E-state index contributed by atoms with van der Waals surface area (Å²) in [6.45, 7) is 3.75. The molecular formula is C9H12BrN3O3. The van der Waals surface area contributed by atoms with Crippen molar-refractivity contribution in [1.29, 1.82) is 0 Å². The number of methoxy groups -OCH3 is 1. The van der Waals surface area contributed by atoms with E-state index in [9.17, 15) is 10.1 Å². The Morgan fingerprint density at radius 1 is 1.62 bits per heavy atom. The molecule has 0 aromatic carbocycles. The van der Waals surface area contributed by atoms with Crippen LogP contribution in [0, 0.1) is 10.1 Å². The molecule has 0 radical (unpaired) electrons. The molecule has 1 aromatic heterocycles. The van der Waals surface area contributed by atoms with Gasteiger partial charge in [-0.05, 0) is 29.8 Å². The van der Waals surface area contributed by atoms with Crippen LogP contribution in [0.25, 0.3) is 0 Å². The van der Waals surface area contributed by atoms with Crippen LogP contribution in [0.2, 0.25) is 0 Å². The Balaban J connectivity index is 3.33. The zero-order valence-electron chi connectivity index (χ0n) is 9.15. The van der Waals surface area contributed by atoms with Crippen molar-refractivity contribution in [2.45, 2.75) is 19.9 Å². The van der Waals surface area contributed by atoms with E-state index in [1.54, 1.807) is 0 Å². The number of nitrogens with zero attached hydrogens (tertiary/aromatic N) is 2. The van der Waals surface area contributed by atoms with Crippen molar-refractivity contribution in [2.24, 2.45) is 0 Å². The molecule has 1 aromatic rings. The second kappa shape index (κ2) is 5.11. The highest BCUT2D eigenvalue weighted by Gasteiger charge is 2.25. The van der Waals surface area contributed by atoms with Crippen LogP contribution in [-0.2, 0) is 0 Å². The van der Waals surface area contributed by atoms with Crippen molar-refractivity contribution >= 4 is 27.4 Å². The maximum absolute atomic E-state index is 11.0. The van der Waals surface area contributed by atoms with E-state index in [2.05, 4.69) is 26.2 Å².